The van der Waals surface area contributed by atoms with Crippen LogP contribution >= 0.6 is 0 Å². The van der Waals surface area contributed by atoms with Gasteiger partial charge >= 0.3 is 0 Å². The number of nitro benzene ring substituents is 2. The highest BCUT2D eigenvalue weighted by atomic mass is 16.6. The number of rotatable bonds is 4. The van der Waals surface area contributed by atoms with Crippen molar-refractivity contribution in [1.82, 2.24) is 4.90 Å². The van der Waals surface area contributed by atoms with E-state index in [9.17, 15) is 20.2 Å². The number of nitro groups is 2. The Balaban J connectivity index is 1.74. The molecule has 1 saturated carbocycles. The second kappa shape index (κ2) is 6.49. The van der Waals surface area contributed by atoms with E-state index in [2.05, 4.69) is 4.90 Å². The van der Waals surface area contributed by atoms with Crippen molar-refractivity contribution in [3.63, 3.8) is 0 Å². The molecule has 0 aromatic heterocycles. The molecule has 1 saturated heterocycles. The zero-order valence-corrected chi connectivity index (χ0v) is 12.9. The lowest BCUT2D eigenvalue weighted by molar-refractivity contribution is -0.393. The molecule has 1 aromatic rings. The zero-order chi connectivity index (χ0) is 16.4. The van der Waals surface area contributed by atoms with E-state index in [1.54, 1.807) is 0 Å². The van der Waals surface area contributed by atoms with Crippen molar-refractivity contribution in [3.05, 3.63) is 38.4 Å². The molecule has 0 unspecified atom stereocenters. The molecule has 0 spiro atoms. The fraction of sp³-hybridized carbons (Fsp3) is 0.600. The predicted molar refractivity (Wildman–Crippen MR) is 85.8 cm³/mol. The average Bonchev–Trinajstić information content (AvgIpc) is 3.09. The van der Waals surface area contributed by atoms with Crippen LogP contribution in [0.3, 0.4) is 0 Å². The summed E-state index contributed by atoms with van der Waals surface area (Å²) in [6.45, 7) is 3.21. The smallest absolute Gasteiger partial charge is 0.299 e. The van der Waals surface area contributed by atoms with E-state index in [1.807, 2.05) is 4.90 Å². The Morgan fingerprint density at radius 2 is 1.61 bits per heavy atom. The lowest BCUT2D eigenvalue weighted by atomic mass is 10.1. The van der Waals surface area contributed by atoms with Gasteiger partial charge in [0.15, 0.2) is 0 Å². The number of non-ortho nitro benzene ring substituents is 1. The Bertz CT molecular complexity index is 607. The molecule has 1 aromatic carbocycles. The third kappa shape index (κ3) is 3.26. The van der Waals surface area contributed by atoms with Crippen LogP contribution in [0, 0.1) is 20.2 Å². The first-order valence-corrected chi connectivity index (χ1v) is 7.98. The van der Waals surface area contributed by atoms with E-state index in [0.717, 1.165) is 32.2 Å². The zero-order valence-electron chi connectivity index (χ0n) is 12.9. The minimum atomic E-state index is -0.602. The lowest BCUT2D eigenvalue weighted by Gasteiger charge is -2.38. The van der Waals surface area contributed by atoms with E-state index >= 15 is 0 Å². The number of piperazine rings is 1. The van der Waals surface area contributed by atoms with Gasteiger partial charge in [-0.2, -0.15) is 0 Å². The van der Waals surface area contributed by atoms with Crippen LogP contribution in [0.1, 0.15) is 25.7 Å². The molecule has 0 atom stereocenters. The maximum atomic E-state index is 11.3. The number of nitrogens with zero attached hydrogens (tertiary/aromatic N) is 4. The molecule has 2 aliphatic rings. The van der Waals surface area contributed by atoms with Crippen LogP contribution in [-0.2, 0) is 0 Å². The first-order valence-electron chi connectivity index (χ1n) is 7.98. The van der Waals surface area contributed by atoms with Crippen molar-refractivity contribution in [2.75, 3.05) is 31.1 Å². The molecule has 2 fully saturated rings. The first-order chi connectivity index (χ1) is 11.1. The van der Waals surface area contributed by atoms with Gasteiger partial charge in [0.1, 0.15) is 5.69 Å². The van der Waals surface area contributed by atoms with Gasteiger partial charge in [-0.15, -0.1) is 0 Å². The summed E-state index contributed by atoms with van der Waals surface area (Å²) >= 11 is 0. The fourth-order valence-corrected chi connectivity index (χ4v) is 3.64. The molecule has 124 valence electrons. The SMILES string of the molecule is O=[N+]([O-])c1ccc(N2CCN(C3CCCC3)CC2)c([N+](=O)[O-])c1. The van der Waals surface area contributed by atoms with E-state index in [0.29, 0.717) is 11.7 Å². The van der Waals surface area contributed by atoms with Crippen molar-refractivity contribution in [2.24, 2.45) is 0 Å². The van der Waals surface area contributed by atoms with Crippen LogP contribution in [0.15, 0.2) is 18.2 Å². The number of hydrogen-bond donors (Lipinski definition) is 0. The largest absolute Gasteiger partial charge is 0.363 e. The molecule has 3 rings (SSSR count). The van der Waals surface area contributed by atoms with Crippen LogP contribution in [-0.4, -0.2) is 47.0 Å². The van der Waals surface area contributed by atoms with Gasteiger partial charge in [0.2, 0.25) is 0 Å². The summed E-state index contributed by atoms with van der Waals surface area (Å²) in [6, 6.07) is 4.55. The van der Waals surface area contributed by atoms with Crippen LogP contribution < -0.4 is 4.90 Å². The molecular formula is C15H20N4O4. The standard InChI is InChI=1S/C15H20N4O4/c20-18(21)13-5-6-14(15(11-13)19(22)23)17-9-7-16(8-10-17)12-3-1-2-4-12/h5-6,11-12H,1-4,7-10H2. The highest BCUT2D eigenvalue weighted by Crippen LogP contribution is 2.33. The van der Waals surface area contributed by atoms with E-state index in [4.69, 9.17) is 0 Å². The summed E-state index contributed by atoms with van der Waals surface area (Å²) in [5.74, 6) is 0. The summed E-state index contributed by atoms with van der Waals surface area (Å²) in [7, 11) is 0. The Labute approximate surface area is 134 Å². The van der Waals surface area contributed by atoms with Crippen LogP contribution in [0.4, 0.5) is 17.1 Å². The summed E-state index contributed by atoms with van der Waals surface area (Å²) < 4.78 is 0. The van der Waals surface area contributed by atoms with Crippen molar-refractivity contribution in [3.8, 4) is 0 Å². The molecular weight excluding hydrogens is 300 g/mol. The summed E-state index contributed by atoms with van der Waals surface area (Å²) in [6.07, 6.45) is 5.08. The Kier molecular flexibility index (Phi) is 4.42. The fourth-order valence-electron chi connectivity index (χ4n) is 3.64. The number of hydrogen-bond acceptors (Lipinski definition) is 6. The summed E-state index contributed by atoms with van der Waals surface area (Å²) in [5, 5.41) is 22.1. The summed E-state index contributed by atoms with van der Waals surface area (Å²) in [5.41, 5.74) is 0.0465. The second-order valence-corrected chi connectivity index (χ2v) is 6.15. The molecule has 1 aliphatic carbocycles. The molecule has 0 amide bonds. The number of anilines is 1. The van der Waals surface area contributed by atoms with Gasteiger partial charge in [-0.25, -0.2) is 0 Å². The average molecular weight is 320 g/mol. The van der Waals surface area contributed by atoms with Gasteiger partial charge in [0.25, 0.3) is 11.4 Å². The Hall–Kier alpha value is -2.22. The maximum Gasteiger partial charge on any atom is 0.299 e. The van der Waals surface area contributed by atoms with Crippen molar-refractivity contribution in [1.29, 1.82) is 0 Å². The van der Waals surface area contributed by atoms with Crippen molar-refractivity contribution in [2.45, 2.75) is 31.7 Å². The topological polar surface area (TPSA) is 92.8 Å². The quantitative estimate of drug-likeness (QED) is 0.625. The van der Waals surface area contributed by atoms with Gasteiger partial charge in [-0.3, -0.25) is 25.1 Å². The van der Waals surface area contributed by atoms with Gasteiger partial charge in [0, 0.05) is 38.3 Å². The lowest BCUT2D eigenvalue weighted by Crippen LogP contribution is -2.49. The second-order valence-electron chi connectivity index (χ2n) is 6.15. The van der Waals surface area contributed by atoms with Crippen LogP contribution in [0.2, 0.25) is 0 Å². The number of benzene rings is 1. The van der Waals surface area contributed by atoms with Gasteiger partial charge in [-0.05, 0) is 18.9 Å². The molecule has 0 N–H and O–H groups in total. The van der Waals surface area contributed by atoms with E-state index in [1.165, 1.54) is 37.8 Å². The maximum absolute atomic E-state index is 11.3. The van der Waals surface area contributed by atoms with E-state index in [-0.39, 0.29) is 11.4 Å². The van der Waals surface area contributed by atoms with Gasteiger partial charge in [0.05, 0.1) is 15.9 Å². The Morgan fingerprint density at radius 1 is 0.957 bits per heavy atom. The normalized spacial score (nSPS) is 19.9. The molecule has 8 heteroatoms. The van der Waals surface area contributed by atoms with E-state index < -0.39 is 9.85 Å². The van der Waals surface area contributed by atoms with Crippen molar-refractivity contribution < 1.29 is 9.85 Å². The third-order valence-electron chi connectivity index (χ3n) is 4.86. The van der Waals surface area contributed by atoms with Crippen LogP contribution in [0.5, 0.6) is 0 Å². The molecule has 1 aliphatic heterocycles. The summed E-state index contributed by atoms with van der Waals surface area (Å²) in [4.78, 5) is 25.4. The van der Waals surface area contributed by atoms with Gasteiger partial charge < -0.3 is 4.90 Å². The third-order valence-corrected chi connectivity index (χ3v) is 4.86. The molecule has 23 heavy (non-hydrogen) atoms. The molecule has 0 radical (unpaired) electrons. The van der Waals surface area contributed by atoms with Crippen molar-refractivity contribution >= 4 is 17.1 Å². The van der Waals surface area contributed by atoms with Crippen LogP contribution in [0.25, 0.3) is 0 Å². The molecule has 8 nitrogen and oxygen atoms in total. The molecule has 0 bridgehead atoms. The highest BCUT2D eigenvalue weighted by molar-refractivity contribution is 5.67. The molecule has 1 heterocycles. The first kappa shape index (κ1) is 15.7. The predicted octanol–water partition coefficient (Wildman–Crippen LogP) is 2.57. The van der Waals surface area contributed by atoms with Gasteiger partial charge in [-0.1, -0.05) is 12.8 Å². The minimum Gasteiger partial charge on any atom is -0.363 e. The Morgan fingerprint density at radius 3 is 2.17 bits per heavy atom. The highest BCUT2D eigenvalue weighted by Gasteiger charge is 2.29. The minimum absolute atomic E-state index is 0.187. The monoisotopic (exact) mass is 320 g/mol.